The van der Waals surface area contributed by atoms with Crippen LogP contribution in [-0.2, 0) is 0 Å². The van der Waals surface area contributed by atoms with Gasteiger partial charge in [-0.3, -0.25) is 9.69 Å². The zero-order valence-electron chi connectivity index (χ0n) is 12.6. The molecule has 2 rings (SSSR count). The van der Waals surface area contributed by atoms with Crippen molar-refractivity contribution in [3.8, 4) is 0 Å². The highest BCUT2D eigenvalue weighted by Gasteiger charge is 2.30. The van der Waals surface area contributed by atoms with Gasteiger partial charge < -0.3 is 0 Å². The maximum Gasteiger partial charge on any atom is 0.179 e. The van der Waals surface area contributed by atoms with E-state index in [2.05, 4.69) is 34.8 Å². The first kappa shape index (κ1) is 15.7. The molecule has 3 unspecified atom stereocenters. The zero-order valence-corrected chi connectivity index (χ0v) is 14.2. The molecule has 110 valence electrons. The second-order valence-electron chi connectivity index (χ2n) is 6.04. The fourth-order valence-corrected chi connectivity index (χ4v) is 3.49. The molecular formula is C17H24BrNO. The van der Waals surface area contributed by atoms with Crippen LogP contribution in [-0.4, -0.2) is 29.8 Å². The molecule has 0 saturated heterocycles. The van der Waals surface area contributed by atoms with Gasteiger partial charge in [0.15, 0.2) is 5.78 Å². The van der Waals surface area contributed by atoms with Crippen LogP contribution in [0.25, 0.3) is 0 Å². The molecule has 0 heterocycles. The molecule has 1 aromatic carbocycles. The van der Waals surface area contributed by atoms with E-state index >= 15 is 0 Å². The molecule has 3 atom stereocenters. The van der Waals surface area contributed by atoms with Crippen molar-refractivity contribution in [1.29, 1.82) is 0 Å². The van der Waals surface area contributed by atoms with Gasteiger partial charge in [-0.25, -0.2) is 0 Å². The third kappa shape index (κ3) is 3.50. The summed E-state index contributed by atoms with van der Waals surface area (Å²) in [5.74, 6) is 0.909. The number of likely N-dealkylation sites (N-methyl/N-ethyl adjacent to an activating group) is 1. The van der Waals surface area contributed by atoms with Crippen LogP contribution in [0.5, 0.6) is 0 Å². The number of hydrogen-bond acceptors (Lipinski definition) is 2. The van der Waals surface area contributed by atoms with Gasteiger partial charge >= 0.3 is 0 Å². The number of nitrogens with zero attached hydrogens (tertiary/aromatic N) is 1. The third-order valence-electron chi connectivity index (χ3n) is 4.71. The van der Waals surface area contributed by atoms with E-state index in [1.54, 1.807) is 0 Å². The second-order valence-corrected chi connectivity index (χ2v) is 6.96. The van der Waals surface area contributed by atoms with Crippen molar-refractivity contribution in [3.63, 3.8) is 0 Å². The van der Waals surface area contributed by atoms with E-state index in [4.69, 9.17) is 0 Å². The smallest absolute Gasteiger partial charge is 0.179 e. The minimum Gasteiger partial charge on any atom is -0.293 e. The van der Waals surface area contributed by atoms with E-state index in [1.165, 1.54) is 25.7 Å². The summed E-state index contributed by atoms with van der Waals surface area (Å²) in [7, 11) is 2.11. The predicted molar refractivity (Wildman–Crippen MR) is 87.1 cm³/mol. The van der Waals surface area contributed by atoms with Crippen LogP contribution in [0.3, 0.4) is 0 Å². The van der Waals surface area contributed by atoms with Gasteiger partial charge in [0.05, 0.1) is 6.04 Å². The van der Waals surface area contributed by atoms with E-state index in [0.29, 0.717) is 12.0 Å². The lowest BCUT2D eigenvalue weighted by Crippen LogP contribution is -2.47. The normalized spacial score (nSPS) is 24.6. The molecule has 0 amide bonds. The topological polar surface area (TPSA) is 20.3 Å². The van der Waals surface area contributed by atoms with Gasteiger partial charge in [-0.1, -0.05) is 47.8 Å². The van der Waals surface area contributed by atoms with Crippen molar-refractivity contribution >= 4 is 21.7 Å². The van der Waals surface area contributed by atoms with Crippen molar-refractivity contribution in [2.45, 2.75) is 51.6 Å². The van der Waals surface area contributed by atoms with Gasteiger partial charge in [-0.2, -0.15) is 0 Å². The van der Waals surface area contributed by atoms with Crippen molar-refractivity contribution in [1.82, 2.24) is 4.90 Å². The first-order valence-corrected chi connectivity index (χ1v) is 8.31. The molecular weight excluding hydrogens is 314 g/mol. The second kappa shape index (κ2) is 6.86. The molecule has 0 aromatic heterocycles. The predicted octanol–water partition coefficient (Wildman–Crippen LogP) is 4.53. The molecule has 1 aromatic rings. The fourth-order valence-electron chi connectivity index (χ4n) is 3.23. The summed E-state index contributed by atoms with van der Waals surface area (Å²) in [6.07, 6.45) is 5.13. The standard InChI is InChI=1S/C17H24BrNO/c1-12-6-4-5-7-16(12)19(3)13(2)17(20)14-8-10-15(18)11-9-14/h8-13,16H,4-7H2,1-3H3. The number of carbonyl (C=O) groups is 1. The van der Waals surface area contributed by atoms with Gasteiger partial charge in [0.2, 0.25) is 0 Å². The molecule has 3 heteroatoms. The van der Waals surface area contributed by atoms with Crippen LogP contribution in [0.2, 0.25) is 0 Å². The summed E-state index contributed by atoms with van der Waals surface area (Å²) in [6, 6.07) is 8.16. The van der Waals surface area contributed by atoms with Crippen LogP contribution in [0.4, 0.5) is 0 Å². The highest BCUT2D eigenvalue weighted by molar-refractivity contribution is 9.10. The van der Waals surface area contributed by atoms with Crippen molar-refractivity contribution in [2.75, 3.05) is 7.05 Å². The number of halogens is 1. The van der Waals surface area contributed by atoms with Crippen molar-refractivity contribution < 1.29 is 4.79 Å². The number of Topliss-reactive ketones (excluding diaryl/α,β-unsaturated/α-hetero) is 1. The lowest BCUT2D eigenvalue weighted by atomic mass is 9.84. The number of rotatable bonds is 4. The Morgan fingerprint density at radius 2 is 1.85 bits per heavy atom. The van der Waals surface area contributed by atoms with E-state index in [9.17, 15) is 4.79 Å². The van der Waals surface area contributed by atoms with Crippen LogP contribution >= 0.6 is 15.9 Å². The maximum atomic E-state index is 12.6. The lowest BCUT2D eigenvalue weighted by molar-refractivity contribution is 0.0692. The van der Waals surface area contributed by atoms with Crippen LogP contribution < -0.4 is 0 Å². The Hall–Kier alpha value is -0.670. The van der Waals surface area contributed by atoms with E-state index in [1.807, 2.05) is 31.2 Å². The average molecular weight is 338 g/mol. The molecule has 0 N–H and O–H groups in total. The molecule has 1 aliphatic carbocycles. The van der Waals surface area contributed by atoms with Crippen LogP contribution in [0.1, 0.15) is 49.9 Å². The Balaban J connectivity index is 2.07. The van der Waals surface area contributed by atoms with E-state index < -0.39 is 0 Å². The van der Waals surface area contributed by atoms with Crippen molar-refractivity contribution in [3.05, 3.63) is 34.3 Å². The summed E-state index contributed by atoms with van der Waals surface area (Å²) >= 11 is 3.41. The number of carbonyl (C=O) groups excluding carboxylic acids is 1. The molecule has 0 radical (unpaired) electrons. The molecule has 20 heavy (non-hydrogen) atoms. The molecule has 1 saturated carbocycles. The van der Waals surface area contributed by atoms with Gasteiger partial charge in [-0.15, -0.1) is 0 Å². The van der Waals surface area contributed by atoms with E-state index in [0.717, 1.165) is 10.0 Å². The summed E-state index contributed by atoms with van der Waals surface area (Å²) in [5, 5.41) is 0. The summed E-state index contributed by atoms with van der Waals surface area (Å²) in [5.41, 5.74) is 0.802. The zero-order chi connectivity index (χ0) is 14.7. The molecule has 1 aliphatic rings. The first-order chi connectivity index (χ1) is 9.50. The first-order valence-electron chi connectivity index (χ1n) is 7.52. The van der Waals surface area contributed by atoms with Gasteiger partial charge in [-0.05, 0) is 44.9 Å². The van der Waals surface area contributed by atoms with Gasteiger partial charge in [0.25, 0.3) is 0 Å². The fraction of sp³-hybridized carbons (Fsp3) is 0.588. The van der Waals surface area contributed by atoms with Crippen LogP contribution in [0, 0.1) is 5.92 Å². The Bertz CT molecular complexity index is 457. The number of ketones is 1. The van der Waals surface area contributed by atoms with Crippen LogP contribution in [0.15, 0.2) is 28.7 Å². The number of hydrogen-bond donors (Lipinski definition) is 0. The molecule has 2 nitrogen and oxygen atoms in total. The van der Waals surface area contributed by atoms with Gasteiger partial charge in [0.1, 0.15) is 0 Å². The monoisotopic (exact) mass is 337 g/mol. The Labute approximate surface area is 130 Å². The summed E-state index contributed by atoms with van der Waals surface area (Å²) < 4.78 is 1.01. The largest absolute Gasteiger partial charge is 0.293 e. The molecule has 0 aliphatic heterocycles. The highest BCUT2D eigenvalue weighted by Crippen LogP contribution is 2.29. The maximum absolute atomic E-state index is 12.6. The third-order valence-corrected chi connectivity index (χ3v) is 5.24. The summed E-state index contributed by atoms with van der Waals surface area (Å²) in [6.45, 7) is 4.35. The quantitative estimate of drug-likeness (QED) is 0.752. The SMILES string of the molecule is CC1CCCCC1N(C)C(C)C(=O)c1ccc(Br)cc1. The van der Waals surface area contributed by atoms with E-state index in [-0.39, 0.29) is 11.8 Å². The van der Waals surface area contributed by atoms with Crippen molar-refractivity contribution in [2.24, 2.45) is 5.92 Å². The minimum absolute atomic E-state index is 0.0540. The molecule has 1 fully saturated rings. The minimum atomic E-state index is -0.0540. The highest BCUT2D eigenvalue weighted by atomic mass is 79.9. The number of benzene rings is 1. The Kier molecular flexibility index (Phi) is 5.39. The van der Waals surface area contributed by atoms with Gasteiger partial charge in [0, 0.05) is 16.1 Å². The Morgan fingerprint density at radius 3 is 2.45 bits per heavy atom. The molecule has 0 spiro atoms. The average Bonchev–Trinajstić information content (AvgIpc) is 2.46. The molecule has 0 bridgehead atoms. The summed E-state index contributed by atoms with van der Waals surface area (Å²) in [4.78, 5) is 14.9. The Morgan fingerprint density at radius 1 is 1.25 bits per heavy atom. The lowest BCUT2D eigenvalue weighted by Gasteiger charge is -2.39.